The predicted molar refractivity (Wildman–Crippen MR) is 108 cm³/mol. The molecule has 0 aromatic carbocycles. The van der Waals surface area contributed by atoms with E-state index in [1.54, 1.807) is 0 Å². The zero-order chi connectivity index (χ0) is 20.1. The average molecular weight is 388 g/mol. The molecule has 8 atom stereocenters. The van der Waals surface area contributed by atoms with Crippen LogP contribution in [0, 0.1) is 34.5 Å². The Morgan fingerprint density at radius 3 is 2.50 bits per heavy atom. The molecule has 0 aromatic rings. The molecule has 156 valence electrons. The van der Waals surface area contributed by atoms with E-state index in [9.17, 15) is 9.59 Å². The van der Waals surface area contributed by atoms with Gasteiger partial charge in [-0.1, -0.05) is 13.8 Å². The van der Waals surface area contributed by atoms with Crippen LogP contribution >= 0.6 is 0 Å². The van der Waals surface area contributed by atoms with Crippen molar-refractivity contribution < 1.29 is 14.3 Å². The highest BCUT2D eigenvalue weighted by molar-refractivity contribution is 5.88. The molecular formula is C24H37NO3. The highest BCUT2D eigenvalue weighted by Crippen LogP contribution is 2.72. The van der Waals surface area contributed by atoms with Crippen LogP contribution in [0.15, 0.2) is 0 Å². The minimum Gasteiger partial charge on any atom is -0.357 e. The van der Waals surface area contributed by atoms with Gasteiger partial charge in [-0.2, -0.15) is 0 Å². The molecule has 0 aromatic heterocycles. The SMILES string of the molecule is CC(C)(C)NC(=O)[C@H]1CC[C@H]2[C@@H]3CCC45OC4C(=O)CC[C@]5(C)[C@H]3CC[C@]12C. The fourth-order valence-corrected chi connectivity index (χ4v) is 8.39. The topological polar surface area (TPSA) is 58.7 Å². The number of hydrogen-bond acceptors (Lipinski definition) is 3. The Balaban J connectivity index is 1.40. The first-order valence-electron chi connectivity index (χ1n) is 11.5. The van der Waals surface area contributed by atoms with Crippen molar-refractivity contribution in [2.24, 2.45) is 34.5 Å². The molecule has 2 unspecified atom stereocenters. The fourth-order valence-electron chi connectivity index (χ4n) is 8.39. The van der Waals surface area contributed by atoms with Gasteiger partial charge >= 0.3 is 0 Å². The lowest BCUT2D eigenvalue weighted by Gasteiger charge is -2.59. The van der Waals surface area contributed by atoms with Crippen molar-refractivity contribution in [3.05, 3.63) is 0 Å². The Morgan fingerprint density at radius 2 is 1.79 bits per heavy atom. The van der Waals surface area contributed by atoms with Crippen LogP contribution in [0.3, 0.4) is 0 Å². The van der Waals surface area contributed by atoms with E-state index in [1.807, 2.05) is 0 Å². The smallest absolute Gasteiger partial charge is 0.224 e. The van der Waals surface area contributed by atoms with Gasteiger partial charge in [0.2, 0.25) is 5.91 Å². The van der Waals surface area contributed by atoms with Crippen LogP contribution in [-0.2, 0) is 14.3 Å². The first-order valence-corrected chi connectivity index (χ1v) is 11.5. The molecular weight excluding hydrogens is 350 g/mol. The normalized spacial score (nSPS) is 52.2. The largest absolute Gasteiger partial charge is 0.357 e. The summed E-state index contributed by atoms with van der Waals surface area (Å²) in [5, 5.41) is 3.27. The van der Waals surface area contributed by atoms with Gasteiger partial charge in [0.15, 0.2) is 5.78 Å². The molecule has 1 amide bonds. The lowest BCUT2D eigenvalue weighted by molar-refractivity contribution is -0.141. The van der Waals surface area contributed by atoms with Gasteiger partial charge in [0.1, 0.15) is 11.7 Å². The molecule has 4 nitrogen and oxygen atoms in total. The molecule has 5 rings (SSSR count). The zero-order valence-electron chi connectivity index (χ0n) is 18.3. The van der Waals surface area contributed by atoms with Crippen molar-refractivity contribution in [2.75, 3.05) is 0 Å². The number of carbonyl (C=O) groups is 2. The highest BCUT2D eigenvalue weighted by atomic mass is 16.6. The van der Waals surface area contributed by atoms with Gasteiger partial charge in [-0.05, 0) is 88.9 Å². The number of nitrogens with one attached hydrogen (secondary N) is 1. The number of ketones is 1. The van der Waals surface area contributed by atoms with Crippen molar-refractivity contribution in [3.63, 3.8) is 0 Å². The van der Waals surface area contributed by atoms with E-state index in [0.29, 0.717) is 30.0 Å². The lowest BCUT2D eigenvalue weighted by Crippen LogP contribution is -2.58. The van der Waals surface area contributed by atoms with Crippen LogP contribution < -0.4 is 5.32 Å². The van der Waals surface area contributed by atoms with E-state index in [4.69, 9.17) is 4.74 Å². The fraction of sp³-hybridized carbons (Fsp3) is 0.917. The molecule has 4 aliphatic carbocycles. The summed E-state index contributed by atoms with van der Waals surface area (Å²) in [7, 11) is 0. The second-order valence-corrected chi connectivity index (χ2v) is 12.1. The third-order valence-corrected chi connectivity index (χ3v) is 9.76. The molecule has 0 radical (unpaired) electrons. The summed E-state index contributed by atoms with van der Waals surface area (Å²) < 4.78 is 6.17. The Morgan fingerprint density at radius 1 is 1.04 bits per heavy atom. The van der Waals surface area contributed by atoms with E-state index in [1.165, 1.54) is 19.3 Å². The summed E-state index contributed by atoms with van der Waals surface area (Å²) in [6, 6.07) is 0. The first-order chi connectivity index (χ1) is 13.0. The summed E-state index contributed by atoms with van der Waals surface area (Å²) in [6.45, 7) is 11.1. The van der Waals surface area contributed by atoms with Gasteiger partial charge in [-0.25, -0.2) is 0 Å². The standard InChI is InChI=1S/C24H37NO3/c1-21(2,3)25-20(27)17-7-6-15-14-8-13-24-19(28-24)18(26)10-12-23(24,5)16(14)9-11-22(15,17)4/h14-17,19H,6-13H2,1-5H3,(H,25,27)/t14-,15-,16-,17+,19?,22-,23+,24?/m0/s1. The average Bonchev–Trinajstić information content (AvgIpc) is 3.23. The van der Waals surface area contributed by atoms with Gasteiger partial charge < -0.3 is 10.1 Å². The number of rotatable bonds is 1. The summed E-state index contributed by atoms with van der Waals surface area (Å²) >= 11 is 0. The number of carbonyl (C=O) groups excluding carboxylic acids is 2. The molecule has 4 saturated carbocycles. The van der Waals surface area contributed by atoms with Crippen LogP contribution in [0.5, 0.6) is 0 Å². The number of epoxide rings is 1. The Labute approximate surface area is 169 Å². The van der Waals surface area contributed by atoms with Crippen LogP contribution in [0.1, 0.15) is 86.0 Å². The molecule has 28 heavy (non-hydrogen) atoms. The van der Waals surface area contributed by atoms with E-state index in [2.05, 4.69) is 39.9 Å². The van der Waals surface area contributed by atoms with Gasteiger partial charge in [0.05, 0.1) is 0 Å². The Bertz CT molecular complexity index is 726. The summed E-state index contributed by atoms with van der Waals surface area (Å²) in [5.74, 6) is 2.76. The lowest BCUT2D eigenvalue weighted by atomic mass is 9.44. The van der Waals surface area contributed by atoms with Gasteiger partial charge in [-0.15, -0.1) is 0 Å². The van der Waals surface area contributed by atoms with Crippen LogP contribution in [0.25, 0.3) is 0 Å². The van der Waals surface area contributed by atoms with E-state index < -0.39 is 0 Å². The predicted octanol–water partition coefficient (Wildman–Crippen LogP) is 4.26. The third kappa shape index (κ3) is 2.33. The van der Waals surface area contributed by atoms with Crippen LogP contribution in [0.4, 0.5) is 0 Å². The van der Waals surface area contributed by atoms with Crippen molar-refractivity contribution in [1.29, 1.82) is 0 Å². The highest BCUT2D eigenvalue weighted by Gasteiger charge is 2.76. The van der Waals surface area contributed by atoms with Gasteiger partial charge in [0, 0.05) is 23.3 Å². The first kappa shape index (κ1) is 19.1. The number of hydrogen-bond donors (Lipinski definition) is 1. The number of Topliss-reactive ketones (excluding diaryl/α,β-unsaturated/α-hetero) is 1. The minimum atomic E-state index is -0.166. The summed E-state index contributed by atoms with van der Waals surface area (Å²) in [6.07, 6.45) is 8.38. The zero-order valence-corrected chi connectivity index (χ0v) is 18.3. The summed E-state index contributed by atoms with van der Waals surface area (Å²) in [5.41, 5.74) is -0.0213. The maximum absolute atomic E-state index is 13.1. The quantitative estimate of drug-likeness (QED) is 0.684. The maximum Gasteiger partial charge on any atom is 0.224 e. The minimum absolute atomic E-state index is 0.102. The van der Waals surface area contributed by atoms with Crippen molar-refractivity contribution in [2.45, 2.75) is 103 Å². The van der Waals surface area contributed by atoms with Crippen molar-refractivity contribution >= 4 is 11.7 Å². The molecule has 1 spiro atoms. The van der Waals surface area contributed by atoms with E-state index in [0.717, 1.165) is 25.7 Å². The van der Waals surface area contributed by atoms with Crippen molar-refractivity contribution in [1.82, 2.24) is 5.32 Å². The molecule has 5 fully saturated rings. The molecule has 0 bridgehead atoms. The second kappa shape index (κ2) is 5.62. The number of amides is 1. The van der Waals surface area contributed by atoms with Crippen LogP contribution in [0.2, 0.25) is 0 Å². The van der Waals surface area contributed by atoms with Crippen molar-refractivity contribution in [3.8, 4) is 0 Å². The molecule has 4 heteroatoms. The molecule has 5 aliphatic rings. The monoisotopic (exact) mass is 387 g/mol. The number of ether oxygens (including phenoxy) is 1. The maximum atomic E-state index is 13.1. The second-order valence-electron chi connectivity index (χ2n) is 12.1. The number of fused-ring (bicyclic) bond motifs is 4. The molecule has 1 N–H and O–H groups in total. The van der Waals surface area contributed by atoms with E-state index >= 15 is 0 Å². The van der Waals surface area contributed by atoms with Gasteiger partial charge in [0.25, 0.3) is 0 Å². The van der Waals surface area contributed by atoms with Gasteiger partial charge in [-0.3, -0.25) is 9.59 Å². The Kier molecular flexibility index (Phi) is 3.83. The molecule has 1 saturated heterocycles. The van der Waals surface area contributed by atoms with E-state index in [-0.39, 0.29) is 39.9 Å². The third-order valence-electron chi connectivity index (χ3n) is 9.76. The summed E-state index contributed by atoms with van der Waals surface area (Å²) in [4.78, 5) is 25.4. The molecule has 1 heterocycles. The van der Waals surface area contributed by atoms with Crippen LogP contribution in [-0.4, -0.2) is 28.9 Å². The molecule has 1 aliphatic heterocycles. The Hall–Kier alpha value is -0.900.